The monoisotopic (exact) mass is 362 g/mol. The molecule has 0 heterocycles. The molecule has 0 spiro atoms. The second kappa shape index (κ2) is 8.94. The first-order chi connectivity index (χ1) is 12.0. The lowest BCUT2D eigenvalue weighted by Gasteiger charge is -2.10. The van der Waals surface area contributed by atoms with Gasteiger partial charge < -0.3 is 20.1 Å². The van der Waals surface area contributed by atoms with Gasteiger partial charge in [0.25, 0.3) is 0 Å². The van der Waals surface area contributed by atoms with E-state index in [2.05, 4.69) is 15.4 Å². The van der Waals surface area contributed by atoms with Crippen LogP contribution in [0.15, 0.2) is 42.5 Å². The minimum absolute atomic E-state index is 0.304. The molecule has 0 fully saturated rings. The van der Waals surface area contributed by atoms with Gasteiger partial charge in [-0.05, 0) is 42.3 Å². The van der Waals surface area contributed by atoms with E-state index in [1.165, 1.54) is 25.3 Å². The van der Waals surface area contributed by atoms with Crippen molar-refractivity contribution in [1.29, 1.82) is 0 Å². The predicted molar refractivity (Wildman–Crippen MR) is 96.5 cm³/mol. The minimum atomic E-state index is -0.502. The van der Waals surface area contributed by atoms with Crippen molar-refractivity contribution >= 4 is 29.3 Å². The van der Waals surface area contributed by atoms with Gasteiger partial charge in [0.15, 0.2) is 0 Å². The van der Waals surface area contributed by atoms with E-state index in [0.29, 0.717) is 29.2 Å². The normalized spacial score (nSPS) is 10.0. The zero-order valence-corrected chi connectivity index (χ0v) is 14.7. The summed E-state index contributed by atoms with van der Waals surface area (Å²) in [7, 11) is 2.90. The van der Waals surface area contributed by atoms with E-state index in [9.17, 15) is 9.59 Å². The van der Waals surface area contributed by atoms with Gasteiger partial charge in [0, 0.05) is 6.54 Å². The Bertz CT molecular complexity index is 764. The number of anilines is 1. The number of carbonyl (C=O) groups is 2. The van der Waals surface area contributed by atoms with Crippen LogP contribution in [0, 0.1) is 0 Å². The molecule has 0 aliphatic heterocycles. The largest absolute Gasteiger partial charge is 0.497 e. The molecule has 0 bridgehead atoms. The number of urea groups is 1. The number of hydrogen-bond acceptors (Lipinski definition) is 4. The molecular formula is C18H19ClN2O4. The van der Waals surface area contributed by atoms with E-state index in [1.54, 1.807) is 7.11 Å². The molecule has 2 amide bonds. The number of carbonyl (C=O) groups excluding carboxylic acids is 2. The Morgan fingerprint density at radius 2 is 1.92 bits per heavy atom. The number of nitrogens with one attached hydrogen (secondary N) is 2. The molecule has 0 aliphatic carbocycles. The van der Waals surface area contributed by atoms with Crippen molar-refractivity contribution in [1.82, 2.24) is 5.32 Å². The Labute approximate surface area is 151 Å². The maximum Gasteiger partial charge on any atom is 0.337 e. The minimum Gasteiger partial charge on any atom is -0.497 e. The Hall–Kier alpha value is -2.73. The highest BCUT2D eigenvalue weighted by Crippen LogP contribution is 2.23. The fourth-order valence-corrected chi connectivity index (χ4v) is 2.35. The molecule has 6 nitrogen and oxygen atoms in total. The number of benzene rings is 2. The van der Waals surface area contributed by atoms with Gasteiger partial charge in [-0.15, -0.1) is 0 Å². The summed E-state index contributed by atoms with van der Waals surface area (Å²) >= 11 is 6.04. The van der Waals surface area contributed by atoms with Crippen molar-refractivity contribution in [3.63, 3.8) is 0 Å². The van der Waals surface area contributed by atoms with Crippen LogP contribution in [-0.4, -0.2) is 32.8 Å². The van der Waals surface area contributed by atoms with Crippen molar-refractivity contribution in [2.75, 3.05) is 26.1 Å². The molecule has 0 aromatic heterocycles. The van der Waals surface area contributed by atoms with Crippen LogP contribution in [0.3, 0.4) is 0 Å². The van der Waals surface area contributed by atoms with Crippen molar-refractivity contribution in [2.24, 2.45) is 0 Å². The van der Waals surface area contributed by atoms with Crippen molar-refractivity contribution < 1.29 is 19.1 Å². The summed E-state index contributed by atoms with van der Waals surface area (Å²) < 4.78 is 9.81. The van der Waals surface area contributed by atoms with Gasteiger partial charge in [-0.3, -0.25) is 0 Å². The van der Waals surface area contributed by atoms with Crippen LogP contribution in [0.25, 0.3) is 0 Å². The number of hydrogen-bond donors (Lipinski definition) is 2. The first-order valence-electron chi connectivity index (χ1n) is 7.59. The molecule has 7 heteroatoms. The van der Waals surface area contributed by atoms with E-state index in [-0.39, 0.29) is 0 Å². The number of amides is 2. The first-order valence-corrected chi connectivity index (χ1v) is 7.97. The molecule has 25 heavy (non-hydrogen) atoms. The number of esters is 1. The van der Waals surface area contributed by atoms with Crippen LogP contribution in [0.5, 0.6) is 5.75 Å². The van der Waals surface area contributed by atoms with E-state index >= 15 is 0 Å². The van der Waals surface area contributed by atoms with Gasteiger partial charge in [0.1, 0.15) is 5.75 Å². The van der Waals surface area contributed by atoms with Gasteiger partial charge in [-0.25, -0.2) is 9.59 Å². The second-order valence-corrected chi connectivity index (χ2v) is 5.58. The summed E-state index contributed by atoms with van der Waals surface area (Å²) in [6.07, 6.45) is 0.653. The zero-order chi connectivity index (χ0) is 18.2. The van der Waals surface area contributed by atoms with Crippen LogP contribution in [-0.2, 0) is 11.2 Å². The number of methoxy groups -OCH3 is 2. The predicted octanol–water partition coefficient (Wildman–Crippen LogP) is 3.50. The Balaban J connectivity index is 1.90. The summed E-state index contributed by atoms with van der Waals surface area (Å²) in [5.74, 6) is 0.270. The molecule has 0 atom stereocenters. The van der Waals surface area contributed by atoms with Crippen molar-refractivity contribution in [3.05, 3.63) is 58.6 Å². The molecular weight excluding hydrogens is 344 g/mol. The van der Waals surface area contributed by atoms with Crippen LogP contribution in [0.1, 0.15) is 15.9 Å². The van der Waals surface area contributed by atoms with Crippen LogP contribution >= 0.6 is 11.6 Å². The van der Waals surface area contributed by atoms with Gasteiger partial charge in [0.05, 0.1) is 30.5 Å². The Kier molecular flexibility index (Phi) is 6.65. The highest BCUT2D eigenvalue weighted by molar-refractivity contribution is 6.33. The van der Waals surface area contributed by atoms with Gasteiger partial charge in [-0.1, -0.05) is 23.7 Å². The Morgan fingerprint density at radius 1 is 1.12 bits per heavy atom. The average Bonchev–Trinajstić information content (AvgIpc) is 2.63. The molecule has 0 unspecified atom stereocenters. The van der Waals surface area contributed by atoms with Crippen LogP contribution < -0.4 is 15.4 Å². The molecule has 0 aliphatic rings. The molecule has 0 radical (unpaired) electrons. The molecule has 0 saturated heterocycles. The lowest BCUT2D eigenvalue weighted by molar-refractivity contribution is 0.0600. The Morgan fingerprint density at radius 3 is 2.64 bits per heavy atom. The maximum absolute atomic E-state index is 12.0. The van der Waals surface area contributed by atoms with Crippen LogP contribution in [0.4, 0.5) is 10.5 Å². The molecule has 2 aromatic carbocycles. The molecule has 0 saturated carbocycles. The standard InChI is InChI=1S/C18H19ClN2O4/c1-24-14-5-3-4-12(10-14)8-9-20-18(23)21-16-11-13(17(22)25-2)6-7-15(16)19/h3-7,10-11H,8-9H2,1-2H3,(H2,20,21,23). The third kappa shape index (κ3) is 5.39. The van der Waals surface area contributed by atoms with E-state index in [4.69, 9.17) is 16.3 Å². The highest BCUT2D eigenvalue weighted by atomic mass is 35.5. The fourth-order valence-electron chi connectivity index (χ4n) is 2.18. The summed E-state index contributed by atoms with van der Waals surface area (Å²) in [6, 6.07) is 11.7. The number of halogens is 1. The van der Waals surface area contributed by atoms with Gasteiger partial charge in [-0.2, -0.15) is 0 Å². The number of ether oxygens (including phenoxy) is 2. The summed E-state index contributed by atoms with van der Waals surface area (Å²) in [5, 5.41) is 5.69. The van der Waals surface area contributed by atoms with Gasteiger partial charge in [0.2, 0.25) is 0 Å². The number of rotatable bonds is 6. The average molecular weight is 363 g/mol. The van der Waals surface area contributed by atoms with Crippen molar-refractivity contribution in [2.45, 2.75) is 6.42 Å². The first kappa shape index (κ1) is 18.6. The topological polar surface area (TPSA) is 76.7 Å². The summed E-state index contributed by atoms with van der Waals surface area (Å²) in [5.41, 5.74) is 1.69. The van der Waals surface area contributed by atoms with Gasteiger partial charge >= 0.3 is 12.0 Å². The van der Waals surface area contributed by atoms with Crippen LogP contribution in [0.2, 0.25) is 5.02 Å². The second-order valence-electron chi connectivity index (χ2n) is 5.17. The highest BCUT2D eigenvalue weighted by Gasteiger charge is 2.11. The van der Waals surface area contributed by atoms with E-state index in [0.717, 1.165) is 11.3 Å². The molecule has 2 N–H and O–H groups in total. The molecule has 132 valence electrons. The lowest BCUT2D eigenvalue weighted by Crippen LogP contribution is -2.30. The SMILES string of the molecule is COC(=O)c1ccc(Cl)c(NC(=O)NCCc2cccc(OC)c2)c1. The fraction of sp³-hybridized carbons (Fsp3) is 0.222. The summed E-state index contributed by atoms with van der Waals surface area (Å²) in [4.78, 5) is 23.5. The van der Waals surface area contributed by atoms with Crippen molar-refractivity contribution in [3.8, 4) is 5.75 Å². The third-order valence-electron chi connectivity index (χ3n) is 3.47. The lowest BCUT2D eigenvalue weighted by atomic mass is 10.1. The van der Waals surface area contributed by atoms with E-state index < -0.39 is 12.0 Å². The molecule has 2 aromatic rings. The quantitative estimate of drug-likeness (QED) is 0.771. The zero-order valence-electron chi connectivity index (χ0n) is 14.0. The smallest absolute Gasteiger partial charge is 0.337 e. The van der Waals surface area contributed by atoms with E-state index in [1.807, 2.05) is 24.3 Å². The summed E-state index contributed by atoms with van der Waals surface area (Å²) in [6.45, 7) is 0.438. The third-order valence-corrected chi connectivity index (χ3v) is 3.80. The maximum atomic E-state index is 12.0. The molecule has 2 rings (SSSR count).